The number of fused-ring (bicyclic) bond motifs is 1. The van der Waals surface area contributed by atoms with Crippen molar-refractivity contribution in [2.75, 3.05) is 7.05 Å². The van der Waals surface area contributed by atoms with E-state index >= 15 is 0 Å². The summed E-state index contributed by atoms with van der Waals surface area (Å²) < 4.78 is 0. The van der Waals surface area contributed by atoms with Gasteiger partial charge in [0.25, 0.3) is 5.91 Å². The molecule has 0 saturated carbocycles. The van der Waals surface area contributed by atoms with Gasteiger partial charge in [0.2, 0.25) is 0 Å². The zero-order valence-electron chi connectivity index (χ0n) is 14.9. The van der Waals surface area contributed by atoms with Crippen LogP contribution in [0.3, 0.4) is 0 Å². The van der Waals surface area contributed by atoms with Gasteiger partial charge in [-0.1, -0.05) is 48.7 Å². The molecule has 0 unspecified atom stereocenters. The number of nitrogens with one attached hydrogen (secondary N) is 2. The van der Waals surface area contributed by atoms with Crippen molar-refractivity contribution in [3.63, 3.8) is 0 Å². The van der Waals surface area contributed by atoms with Crippen LogP contribution in [-0.2, 0) is 0 Å². The third-order valence-corrected chi connectivity index (χ3v) is 4.98. The second-order valence-corrected chi connectivity index (χ2v) is 6.81. The third-order valence-electron chi connectivity index (χ3n) is 3.92. The van der Waals surface area contributed by atoms with Gasteiger partial charge < -0.3 is 11.1 Å². The number of allylic oxidation sites excluding steroid dienone is 4. The Morgan fingerprint density at radius 3 is 2.85 bits per heavy atom. The fourth-order valence-corrected chi connectivity index (χ4v) is 3.59. The van der Waals surface area contributed by atoms with Crippen LogP contribution in [0.15, 0.2) is 83.1 Å². The zero-order valence-corrected chi connectivity index (χ0v) is 15.7. The van der Waals surface area contributed by atoms with Crippen molar-refractivity contribution < 1.29 is 4.79 Å². The van der Waals surface area contributed by atoms with Gasteiger partial charge in [0.1, 0.15) is 5.69 Å². The van der Waals surface area contributed by atoms with Crippen LogP contribution < -0.4 is 11.1 Å². The summed E-state index contributed by atoms with van der Waals surface area (Å²) in [6.45, 7) is 3.63. The highest BCUT2D eigenvalue weighted by atomic mass is 32.2. The van der Waals surface area contributed by atoms with Crippen molar-refractivity contribution >= 4 is 34.3 Å². The van der Waals surface area contributed by atoms with Crippen LogP contribution in [-0.4, -0.2) is 23.2 Å². The summed E-state index contributed by atoms with van der Waals surface area (Å²) in [5.41, 5.74) is 8.94. The molecule has 1 heterocycles. The van der Waals surface area contributed by atoms with Gasteiger partial charge in [-0.25, -0.2) is 0 Å². The van der Waals surface area contributed by atoms with Crippen LogP contribution in [0.4, 0.5) is 0 Å². The van der Waals surface area contributed by atoms with Gasteiger partial charge in [-0.05, 0) is 36.4 Å². The Kier molecular flexibility index (Phi) is 5.78. The summed E-state index contributed by atoms with van der Waals surface area (Å²) in [5.74, 6) is -0.103. The first-order chi connectivity index (χ1) is 13.1. The van der Waals surface area contributed by atoms with Gasteiger partial charge in [0.15, 0.2) is 0 Å². The average Bonchev–Trinajstić information content (AvgIpc) is 3.11. The summed E-state index contributed by atoms with van der Waals surface area (Å²) in [7, 11) is 1.63. The van der Waals surface area contributed by atoms with E-state index in [1.165, 1.54) is 11.8 Å². The molecule has 0 spiro atoms. The van der Waals surface area contributed by atoms with E-state index in [2.05, 4.69) is 22.1 Å². The topological polar surface area (TPSA) is 83.8 Å². The number of carbonyl (C=O) groups is 1. The van der Waals surface area contributed by atoms with Crippen molar-refractivity contribution in [1.29, 1.82) is 0 Å². The van der Waals surface area contributed by atoms with E-state index < -0.39 is 0 Å². The van der Waals surface area contributed by atoms with Gasteiger partial charge in [0.05, 0.1) is 16.8 Å². The van der Waals surface area contributed by atoms with E-state index in [-0.39, 0.29) is 5.91 Å². The molecule has 0 fully saturated rings. The number of nitrogens with zero attached hydrogens (tertiary/aromatic N) is 1. The minimum Gasteiger partial charge on any atom is -0.397 e. The first-order valence-corrected chi connectivity index (χ1v) is 9.18. The number of amides is 1. The van der Waals surface area contributed by atoms with Gasteiger partial charge in [0, 0.05) is 22.2 Å². The molecule has 0 bridgehead atoms. The standard InChI is InChI=1S/C21H20N4OS/c1-3-4-5-9-17(22)20-15-12-11-14(13-18(15)24-25-20)27-19-10-7-6-8-16(19)21(26)23-2/h3-13H,1,22H2,2H3,(H,23,26)(H,24,25)/b5-4-,17-9-. The van der Waals surface area contributed by atoms with Crippen molar-refractivity contribution in [3.05, 3.63) is 84.6 Å². The number of aromatic amines is 1. The molecule has 136 valence electrons. The Balaban J connectivity index is 1.91. The monoisotopic (exact) mass is 376 g/mol. The fourth-order valence-electron chi connectivity index (χ4n) is 2.60. The molecule has 1 amide bonds. The second-order valence-electron chi connectivity index (χ2n) is 5.70. The number of H-pyrrole nitrogens is 1. The van der Waals surface area contributed by atoms with E-state index in [4.69, 9.17) is 5.73 Å². The molecule has 0 aliphatic heterocycles. The first-order valence-electron chi connectivity index (χ1n) is 8.36. The van der Waals surface area contributed by atoms with Crippen LogP contribution >= 0.6 is 11.8 Å². The minimum atomic E-state index is -0.103. The van der Waals surface area contributed by atoms with E-state index in [0.29, 0.717) is 17.0 Å². The van der Waals surface area contributed by atoms with Gasteiger partial charge in [-0.2, -0.15) is 5.10 Å². The molecule has 0 aliphatic carbocycles. The number of nitrogens with two attached hydrogens (primary N) is 1. The molecule has 0 aliphatic rings. The molecule has 0 saturated heterocycles. The molecule has 2 aromatic carbocycles. The van der Waals surface area contributed by atoms with Crippen LogP contribution in [0.25, 0.3) is 16.6 Å². The zero-order chi connectivity index (χ0) is 19.2. The lowest BCUT2D eigenvalue weighted by Crippen LogP contribution is -2.18. The highest BCUT2D eigenvalue weighted by Crippen LogP contribution is 2.33. The molecule has 4 N–H and O–H groups in total. The smallest absolute Gasteiger partial charge is 0.252 e. The fraction of sp³-hybridized carbons (Fsp3) is 0.0476. The van der Waals surface area contributed by atoms with Crippen molar-refractivity contribution in [3.8, 4) is 0 Å². The Hall–Kier alpha value is -3.25. The maximum Gasteiger partial charge on any atom is 0.252 e. The average molecular weight is 376 g/mol. The van der Waals surface area contributed by atoms with Crippen molar-refractivity contribution in [1.82, 2.24) is 15.5 Å². The van der Waals surface area contributed by atoms with Crippen LogP contribution in [0.5, 0.6) is 0 Å². The summed E-state index contributed by atoms with van der Waals surface area (Å²) >= 11 is 1.53. The summed E-state index contributed by atoms with van der Waals surface area (Å²) in [6.07, 6.45) is 7.11. The molecule has 1 aromatic heterocycles. The first kappa shape index (κ1) is 18.5. The van der Waals surface area contributed by atoms with Crippen LogP contribution in [0, 0.1) is 0 Å². The quantitative estimate of drug-likeness (QED) is 0.565. The Morgan fingerprint density at radius 1 is 1.26 bits per heavy atom. The van der Waals surface area contributed by atoms with Gasteiger partial charge in [-0.15, -0.1) is 0 Å². The second kappa shape index (κ2) is 8.42. The Labute approximate surface area is 162 Å². The molecule has 5 nitrogen and oxygen atoms in total. The maximum absolute atomic E-state index is 12.1. The lowest BCUT2D eigenvalue weighted by Gasteiger charge is -2.08. The van der Waals surface area contributed by atoms with Crippen molar-refractivity contribution in [2.45, 2.75) is 9.79 Å². The summed E-state index contributed by atoms with van der Waals surface area (Å²) in [6, 6.07) is 13.5. The molecule has 3 rings (SSSR count). The van der Waals surface area contributed by atoms with E-state index in [0.717, 1.165) is 20.7 Å². The van der Waals surface area contributed by atoms with E-state index in [9.17, 15) is 4.79 Å². The number of carbonyl (C=O) groups excluding carboxylic acids is 1. The highest BCUT2D eigenvalue weighted by molar-refractivity contribution is 7.99. The van der Waals surface area contributed by atoms with Crippen LogP contribution in [0.2, 0.25) is 0 Å². The summed E-state index contributed by atoms with van der Waals surface area (Å²) in [4.78, 5) is 13.9. The molecular weight excluding hydrogens is 356 g/mol. The maximum atomic E-state index is 12.1. The van der Waals surface area contributed by atoms with Gasteiger partial charge in [-0.3, -0.25) is 9.89 Å². The molecule has 6 heteroatoms. The number of hydrogen-bond acceptors (Lipinski definition) is 4. The summed E-state index contributed by atoms with van der Waals surface area (Å²) in [5, 5.41) is 11.0. The van der Waals surface area contributed by atoms with E-state index in [1.807, 2.05) is 48.5 Å². The highest BCUT2D eigenvalue weighted by Gasteiger charge is 2.12. The van der Waals surface area contributed by atoms with E-state index in [1.54, 1.807) is 25.3 Å². The Bertz CT molecular complexity index is 1050. The normalized spacial score (nSPS) is 11.8. The molecule has 27 heavy (non-hydrogen) atoms. The molecular formula is C21H20N4OS. The number of hydrogen-bond donors (Lipinski definition) is 3. The number of rotatable bonds is 6. The lowest BCUT2D eigenvalue weighted by atomic mass is 10.1. The molecule has 0 atom stereocenters. The van der Waals surface area contributed by atoms with Crippen molar-refractivity contribution in [2.24, 2.45) is 5.73 Å². The third kappa shape index (κ3) is 4.12. The number of benzene rings is 2. The van der Waals surface area contributed by atoms with Gasteiger partial charge >= 0.3 is 0 Å². The van der Waals surface area contributed by atoms with Crippen LogP contribution in [0.1, 0.15) is 16.1 Å². The minimum absolute atomic E-state index is 0.103. The molecule has 3 aromatic rings. The molecule has 0 radical (unpaired) electrons. The Morgan fingerprint density at radius 2 is 2.07 bits per heavy atom. The predicted molar refractivity (Wildman–Crippen MR) is 112 cm³/mol. The lowest BCUT2D eigenvalue weighted by molar-refractivity contribution is 0.0960. The number of aromatic nitrogens is 2. The predicted octanol–water partition coefficient (Wildman–Crippen LogP) is 4.12. The SMILES string of the molecule is C=C/C=C\C=C(/N)c1n[nH]c2cc(Sc3ccccc3C(=O)NC)ccc12. The largest absolute Gasteiger partial charge is 0.397 e.